The number of esters is 2. The normalized spacial score (nSPS) is 42.7. The average molecular weight is 528 g/mol. The monoisotopic (exact) mass is 527 g/mol. The molecule has 4 aliphatic rings. The Hall–Kier alpha value is -1.57. The minimum atomic E-state index is -0.179. The van der Waals surface area contributed by atoms with Gasteiger partial charge in [0.25, 0.3) is 0 Å². The Morgan fingerprint density at radius 2 is 1.61 bits per heavy atom. The maximum Gasteiger partial charge on any atom is 0.302 e. The molecule has 4 rings (SSSR count). The zero-order chi connectivity index (χ0) is 27.7. The quantitative estimate of drug-likeness (QED) is 0.225. The van der Waals surface area contributed by atoms with Gasteiger partial charge in [-0.05, 0) is 104 Å². The van der Waals surface area contributed by atoms with Gasteiger partial charge in [0.2, 0.25) is 0 Å². The first-order valence-corrected chi connectivity index (χ1v) is 15.8. The summed E-state index contributed by atoms with van der Waals surface area (Å²) in [4.78, 5) is 24.3. The number of nitrogens with zero attached hydrogens (tertiary/aromatic N) is 1. The van der Waals surface area contributed by atoms with E-state index < -0.39 is 0 Å². The van der Waals surface area contributed by atoms with Gasteiger partial charge in [-0.15, -0.1) is 0 Å². The number of fused-ring (bicyclic) bond motifs is 5. The van der Waals surface area contributed by atoms with Crippen LogP contribution in [0, 0.1) is 63.6 Å². The van der Waals surface area contributed by atoms with E-state index in [4.69, 9.17) is 14.7 Å². The number of carbonyl (C=O) groups is 2. The molecule has 11 atom stereocenters. The number of rotatable bonds is 9. The lowest BCUT2D eigenvalue weighted by atomic mass is 9.41. The Labute approximate surface area is 231 Å². The van der Waals surface area contributed by atoms with E-state index in [9.17, 15) is 9.59 Å². The molecule has 5 nitrogen and oxygen atoms in total. The molecule has 4 unspecified atom stereocenters. The summed E-state index contributed by atoms with van der Waals surface area (Å²) in [6, 6.07) is 2.28. The summed E-state index contributed by atoms with van der Waals surface area (Å²) in [5.41, 5.74) is 0.520. The van der Waals surface area contributed by atoms with Crippen molar-refractivity contribution in [1.29, 1.82) is 5.26 Å². The van der Waals surface area contributed by atoms with Gasteiger partial charge >= 0.3 is 11.9 Å². The topological polar surface area (TPSA) is 76.4 Å². The third-order valence-corrected chi connectivity index (χ3v) is 12.2. The first kappa shape index (κ1) is 29.4. The highest BCUT2D eigenvalue weighted by Gasteiger charge is 2.66. The van der Waals surface area contributed by atoms with Gasteiger partial charge < -0.3 is 9.47 Å². The maximum atomic E-state index is 12.5. The Morgan fingerprint density at radius 3 is 2.26 bits per heavy atom. The largest absolute Gasteiger partial charge is 0.463 e. The Balaban J connectivity index is 1.59. The average Bonchev–Trinajstić information content (AvgIpc) is 3.21. The van der Waals surface area contributed by atoms with Crippen LogP contribution in [-0.4, -0.2) is 24.1 Å². The summed E-state index contributed by atoms with van der Waals surface area (Å²) in [6.07, 6.45) is 14.3. The molecule has 0 amide bonds. The maximum absolute atomic E-state index is 12.5. The van der Waals surface area contributed by atoms with Crippen molar-refractivity contribution < 1.29 is 19.1 Å². The number of hydrogen-bond acceptors (Lipinski definition) is 5. The third kappa shape index (κ3) is 5.40. The summed E-state index contributed by atoms with van der Waals surface area (Å²) >= 11 is 0. The summed E-state index contributed by atoms with van der Waals surface area (Å²) in [7, 11) is 0. The molecule has 0 spiro atoms. The van der Waals surface area contributed by atoms with Crippen LogP contribution in [0.2, 0.25) is 0 Å². The molecule has 0 aliphatic heterocycles. The van der Waals surface area contributed by atoms with E-state index in [0.717, 1.165) is 44.4 Å². The van der Waals surface area contributed by atoms with Gasteiger partial charge in [0.15, 0.2) is 0 Å². The zero-order valence-corrected chi connectivity index (χ0v) is 25.0. The van der Waals surface area contributed by atoms with E-state index in [0.29, 0.717) is 47.3 Å². The van der Waals surface area contributed by atoms with Crippen LogP contribution in [0.25, 0.3) is 0 Å². The van der Waals surface area contributed by atoms with Crippen LogP contribution in [0.3, 0.4) is 0 Å². The molecule has 0 aromatic carbocycles. The number of ether oxygens (including phenoxy) is 2. The zero-order valence-electron chi connectivity index (χ0n) is 25.0. The Kier molecular flexibility index (Phi) is 9.20. The predicted molar refractivity (Wildman–Crippen MR) is 149 cm³/mol. The standard InChI is InChI=1S/C33H53NO4/c1-7-25-29-20-24(37-22(3)35)15-17-33(29,6)28-16-18-32(5)26(21(2)12-10-8-9-11-19-34)13-14-27(32)30(28)31(25)38-23(4)36/h21,24-31H,7-18,20H2,1-6H3/t21-,24-,25-,26?,27+,28+,29?,30+,31-,32?,33?/m1/s1. The second-order valence-electron chi connectivity index (χ2n) is 14.0. The van der Waals surface area contributed by atoms with Crippen LogP contribution < -0.4 is 0 Å². The van der Waals surface area contributed by atoms with E-state index >= 15 is 0 Å². The number of carbonyl (C=O) groups excluding carboxylic acids is 2. The lowest BCUT2D eigenvalue weighted by Gasteiger charge is -2.65. The van der Waals surface area contributed by atoms with Gasteiger partial charge in [0.05, 0.1) is 6.07 Å². The van der Waals surface area contributed by atoms with Gasteiger partial charge in [-0.1, -0.05) is 47.0 Å². The van der Waals surface area contributed by atoms with Crippen molar-refractivity contribution in [2.24, 2.45) is 52.3 Å². The Bertz CT molecular complexity index is 896. The predicted octanol–water partition coefficient (Wildman–Crippen LogP) is 7.86. The molecule has 4 saturated carbocycles. The molecule has 0 bridgehead atoms. The molecule has 0 aromatic heterocycles. The fourth-order valence-corrected chi connectivity index (χ4v) is 10.6. The molecule has 0 saturated heterocycles. The van der Waals surface area contributed by atoms with Crippen molar-refractivity contribution in [3.05, 3.63) is 0 Å². The lowest BCUT2D eigenvalue weighted by molar-refractivity contribution is -0.219. The molecule has 214 valence electrons. The molecule has 0 heterocycles. The number of unbranched alkanes of at least 4 members (excludes halogenated alkanes) is 3. The fraction of sp³-hybridized carbons (Fsp3) is 0.909. The first-order valence-electron chi connectivity index (χ1n) is 15.8. The van der Waals surface area contributed by atoms with Crippen LogP contribution in [0.5, 0.6) is 0 Å². The van der Waals surface area contributed by atoms with Crippen molar-refractivity contribution in [1.82, 2.24) is 0 Å². The minimum Gasteiger partial charge on any atom is -0.463 e. The molecular weight excluding hydrogens is 474 g/mol. The van der Waals surface area contributed by atoms with Crippen molar-refractivity contribution >= 4 is 11.9 Å². The highest BCUT2D eigenvalue weighted by molar-refractivity contribution is 5.66. The Morgan fingerprint density at radius 1 is 0.921 bits per heavy atom. The highest BCUT2D eigenvalue weighted by atomic mass is 16.5. The van der Waals surface area contributed by atoms with E-state index in [1.165, 1.54) is 45.4 Å². The molecular formula is C33H53NO4. The number of hydrogen-bond donors (Lipinski definition) is 0. The van der Waals surface area contributed by atoms with E-state index in [1.807, 2.05) is 0 Å². The first-order chi connectivity index (χ1) is 18.1. The van der Waals surface area contributed by atoms with Crippen LogP contribution in [-0.2, 0) is 19.1 Å². The third-order valence-electron chi connectivity index (χ3n) is 12.2. The van der Waals surface area contributed by atoms with E-state index in [-0.39, 0.29) is 29.6 Å². The second-order valence-corrected chi connectivity index (χ2v) is 14.0. The van der Waals surface area contributed by atoms with E-state index in [2.05, 4.69) is 33.8 Å². The van der Waals surface area contributed by atoms with Crippen molar-refractivity contribution in [3.8, 4) is 6.07 Å². The number of nitriles is 1. The fourth-order valence-electron chi connectivity index (χ4n) is 10.6. The molecule has 4 aliphatic carbocycles. The van der Waals surface area contributed by atoms with Gasteiger partial charge in [0.1, 0.15) is 12.2 Å². The molecule has 0 N–H and O–H groups in total. The van der Waals surface area contributed by atoms with Crippen molar-refractivity contribution in [2.45, 2.75) is 137 Å². The van der Waals surface area contributed by atoms with Crippen molar-refractivity contribution in [2.75, 3.05) is 0 Å². The van der Waals surface area contributed by atoms with Crippen LogP contribution in [0.1, 0.15) is 125 Å². The summed E-state index contributed by atoms with van der Waals surface area (Å²) < 4.78 is 12.1. The van der Waals surface area contributed by atoms with Crippen molar-refractivity contribution in [3.63, 3.8) is 0 Å². The summed E-state index contributed by atoms with van der Waals surface area (Å²) in [5, 5.41) is 8.85. The molecule has 5 heteroatoms. The summed E-state index contributed by atoms with van der Waals surface area (Å²) in [5.74, 6) is 3.45. The van der Waals surface area contributed by atoms with Gasteiger partial charge in [-0.3, -0.25) is 9.59 Å². The molecule has 38 heavy (non-hydrogen) atoms. The SMILES string of the molecule is CC[C@@H]1C2C[C@H](OC(C)=O)CCC2(C)[C@H]2CCC3(C)C([C@H](C)CCCCCC#N)CC[C@H]3[C@@H]2[C@@H]1OC(C)=O. The smallest absolute Gasteiger partial charge is 0.302 e. The van der Waals surface area contributed by atoms with Crippen LogP contribution >= 0.6 is 0 Å². The van der Waals surface area contributed by atoms with Gasteiger partial charge in [-0.2, -0.15) is 5.26 Å². The molecule has 4 fully saturated rings. The minimum absolute atomic E-state index is 0.00659. The lowest BCUT2D eigenvalue weighted by Crippen LogP contribution is -2.63. The second kappa shape index (κ2) is 11.9. The van der Waals surface area contributed by atoms with Crippen LogP contribution in [0.4, 0.5) is 0 Å². The highest BCUT2D eigenvalue weighted by Crippen LogP contribution is 2.70. The van der Waals surface area contributed by atoms with Crippen LogP contribution in [0.15, 0.2) is 0 Å². The summed E-state index contributed by atoms with van der Waals surface area (Å²) in [6.45, 7) is 13.0. The van der Waals surface area contributed by atoms with Gasteiger partial charge in [-0.25, -0.2) is 0 Å². The van der Waals surface area contributed by atoms with E-state index in [1.54, 1.807) is 6.92 Å². The van der Waals surface area contributed by atoms with Gasteiger partial charge in [0, 0.05) is 26.2 Å². The molecule has 0 radical (unpaired) electrons. The molecule has 0 aromatic rings.